The highest BCUT2D eigenvalue weighted by Crippen LogP contribution is 2.39. The SMILES string of the molecule is CC(C)(O)C(C)(C)O[B]c1ccc(-c2ccc(C3=NC(c4ccccc4)N=C(c4ccccc4)N3)cc2)c2sc3ccccc3c12. The molecule has 0 spiro atoms. The van der Waals surface area contributed by atoms with Crippen molar-refractivity contribution in [2.45, 2.75) is 45.1 Å². The molecule has 0 saturated heterocycles. The zero-order chi connectivity index (χ0) is 31.9. The van der Waals surface area contributed by atoms with Gasteiger partial charge in [0.15, 0.2) is 6.17 Å². The van der Waals surface area contributed by atoms with Crippen LogP contribution in [0.5, 0.6) is 0 Å². The van der Waals surface area contributed by atoms with Gasteiger partial charge in [-0.2, -0.15) is 0 Å². The van der Waals surface area contributed by atoms with E-state index in [0.29, 0.717) is 0 Å². The monoisotopic (exact) mass is 620 g/mol. The molecule has 6 aromatic rings. The van der Waals surface area contributed by atoms with Crippen LogP contribution in [0.4, 0.5) is 0 Å². The summed E-state index contributed by atoms with van der Waals surface area (Å²) in [5.74, 6) is 1.59. The first-order valence-electron chi connectivity index (χ1n) is 15.5. The van der Waals surface area contributed by atoms with E-state index in [0.717, 1.165) is 50.3 Å². The summed E-state index contributed by atoms with van der Waals surface area (Å²) in [5.41, 5.74) is 4.56. The fourth-order valence-electron chi connectivity index (χ4n) is 5.46. The molecule has 1 unspecified atom stereocenters. The highest BCUT2D eigenvalue weighted by Gasteiger charge is 2.36. The van der Waals surface area contributed by atoms with Crippen molar-refractivity contribution in [2.24, 2.45) is 9.98 Å². The molecule has 7 rings (SSSR count). The number of hydrogen-bond donors (Lipinski definition) is 2. The van der Waals surface area contributed by atoms with E-state index in [1.54, 1.807) is 32.7 Å². The molecule has 1 aliphatic heterocycles. The second-order valence-electron chi connectivity index (χ2n) is 12.6. The van der Waals surface area contributed by atoms with E-state index in [-0.39, 0.29) is 6.17 Å². The number of nitrogens with zero attached hydrogens (tertiary/aromatic N) is 2. The first-order chi connectivity index (χ1) is 22.2. The maximum Gasteiger partial charge on any atom is 0.331 e. The molecule has 0 bridgehead atoms. The Hall–Kier alpha value is -4.56. The number of thiophene rings is 1. The number of benzene rings is 5. The van der Waals surface area contributed by atoms with Gasteiger partial charge < -0.3 is 15.1 Å². The fraction of sp³-hybridized carbons (Fsp3) is 0.179. The molecular formula is C39H35BN3O2S. The van der Waals surface area contributed by atoms with E-state index in [4.69, 9.17) is 14.6 Å². The number of hydrogen-bond acceptors (Lipinski definition) is 6. The van der Waals surface area contributed by atoms with Crippen LogP contribution < -0.4 is 10.8 Å². The van der Waals surface area contributed by atoms with Gasteiger partial charge in [-0.25, -0.2) is 9.98 Å². The molecule has 5 aromatic carbocycles. The van der Waals surface area contributed by atoms with E-state index in [1.807, 2.05) is 50.2 Å². The third-order valence-corrected chi connectivity index (χ3v) is 10.1. The number of nitrogens with one attached hydrogen (secondary N) is 1. The van der Waals surface area contributed by atoms with Crippen LogP contribution in [0, 0.1) is 0 Å². The Bertz CT molecular complexity index is 2080. The molecule has 1 atom stereocenters. The van der Waals surface area contributed by atoms with E-state index in [1.165, 1.54) is 14.8 Å². The number of amidine groups is 2. The molecular weight excluding hydrogens is 585 g/mol. The first kappa shape index (κ1) is 30.1. The van der Waals surface area contributed by atoms with Gasteiger partial charge in [0.05, 0.1) is 11.2 Å². The van der Waals surface area contributed by atoms with Gasteiger partial charge in [-0.1, -0.05) is 115 Å². The molecule has 46 heavy (non-hydrogen) atoms. The standard InChI is InChI=1S/C39H35BN3O2S/c1-38(2,44)39(3,4)45-40-31-24-23-29(34-33(31)30-17-11-12-18-32(30)46-34)25-19-21-28(22-20-25)37-42-35(26-13-7-5-8-14-26)41-36(43-37)27-15-9-6-10-16-27/h5-24,35,44H,1-4H3,(H,41,42,43). The van der Waals surface area contributed by atoms with Crippen LogP contribution in [0.15, 0.2) is 131 Å². The maximum absolute atomic E-state index is 10.7. The third-order valence-electron chi connectivity index (χ3n) is 8.87. The average Bonchev–Trinajstić information content (AvgIpc) is 3.47. The minimum absolute atomic E-state index is 0.335. The molecule has 1 aliphatic rings. The Labute approximate surface area is 274 Å². The summed E-state index contributed by atoms with van der Waals surface area (Å²) in [7, 11) is 1.80. The fourth-order valence-corrected chi connectivity index (χ4v) is 6.73. The second kappa shape index (κ2) is 12.0. The van der Waals surface area contributed by atoms with Gasteiger partial charge in [-0.3, -0.25) is 0 Å². The highest BCUT2D eigenvalue weighted by atomic mass is 32.1. The van der Waals surface area contributed by atoms with Gasteiger partial charge in [0.1, 0.15) is 11.7 Å². The minimum Gasteiger partial charge on any atom is -0.427 e. The Kier molecular flexibility index (Phi) is 7.85. The summed E-state index contributed by atoms with van der Waals surface area (Å²) in [5, 5.41) is 16.5. The van der Waals surface area contributed by atoms with Crippen LogP contribution in [0.1, 0.15) is 50.6 Å². The molecule has 0 aliphatic carbocycles. The molecule has 7 heteroatoms. The second-order valence-corrected chi connectivity index (χ2v) is 13.7. The van der Waals surface area contributed by atoms with Crippen molar-refractivity contribution in [3.63, 3.8) is 0 Å². The predicted octanol–water partition coefficient (Wildman–Crippen LogP) is 8.03. The van der Waals surface area contributed by atoms with Crippen molar-refractivity contribution in [1.82, 2.24) is 5.32 Å². The molecule has 0 saturated carbocycles. The van der Waals surface area contributed by atoms with Crippen molar-refractivity contribution >= 4 is 56.1 Å². The lowest BCUT2D eigenvalue weighted by Crippen LogP contribution is -2.49. The number of aliphatic imine (C=N–C) groups is 2. The maximum atomic E-state index is 10.7. The summed E-state index contributed by atoms with van der Waals surface area (Å²) in [6.45, 7) is 7.36. The minimum atomic E-state index is -1.01. The van der Waals surface area contributed by atoms with Crippen molar-refractivity contribution in [2.75, 3.05) is 0 Å². The lowest BCUT2D eigenvalue weighted by Gasteiger charge is -2.37. The van der Waals surface area contributed by atoms with Gasteiger partial charge in [0, 0.05) is 20.5 Å². The zero-order valence-corrected chi connectivity index (χ0v) is 27.2. The number of fused-ring (bicyclic) bond motifs is 3. The first-order valence-corrected chi connectivity index (χ1v) is 16.3. The normalized spacial score (nSPS) is 15.4. The number of rotatable bonds is 8. The van der Waals surface area contributed by atoms with Crippen LogP contribution in [-0.4, -0.2) is 35.5 Å². The Morgan fingerprint density at radius 1 is 0.696 bits per heavy atom. The topological polar surface area (TPSA) is 66.2 Å². The molecule has 1 radical (unpaired) electrons. The van der Waals surface area contributed by atoms with Crippen molar-refractivity contribution in [3.8, 4) is 11.1 Å². The molecule has 5 nitrogen and oxygen atoms in total. The van der Waals surface area contributed by atoms with Crippen molar-refractivity contribution in [1.29, 1.82) is 0 Å². The Morgan fingerprint density at radius 3 is 1.96 bits per heavy atom. The Balaban J connectivity index is 1.25. The van der Waals surface area contributed by atoms with Crippen LogP contribution in [-0.2, 0) is 4.65 Å². The molecule has 1 aromatic heterocycles. The lowest BCUT2D eigenvalue weighted by atomic mass is 9.80. The lowest BCUT2D eigenvalue weighted by molar-refractivity contribution is -0.0893. The van der Waals surface area contributed by atoms with Gasteiger partial charge in [-0.15, -0.1) is 11.3 Å². The van der Waals surface area contributed by atoms with E-state index in [2.05, 4.69) is 90.2 Å². The smallest absolute Gasteiger partial charge is 0.331 e. The van der Waals surface area contributed by atoms with Crippen LogP contribution >= 0.6 is 11.3 Å². The molecule has 0 amide bonds. The summed E-state index contributed by atoms with van der Waals surface area (Å²) < 4.78 is 8.63. The molecule has 0 fully saturated rings. The van der Waals surface area contributed by atoms with Crippen LogP contribution in [0.3, 0.4) is 0 Å². The molecule has 2 heterocycles. The molecule has 227 valence electrons. The van der Waals surface area contributed by atoms with E-state index < -0.39 is 11.2 Å². The van der Waals surface area contributed by atoms with Crippen LogP contribution in [0.2, 0.25) is 0 Å². The average molecular weight is 621 g/mol. The summed E-state index contributed by atoms with van der Waals surface area (Å²) in [4.78, 5) is 9.99. The summed E-state index contributed by atoms with van der Waals surface area (Å²) in [6.07, 6.45) is -0.335. The summed E-state index contributed by atoms with van der Waals surface area (Å²) in [6, 6.07) is 41.8. The van der Waals surface area contributed by atoms with Gasteiger partial charge in [0.2, 0.25) is 0 Å². The Morgan fingerprint density at radius 2 is 1.28 bits per heavy atom. The molecule has 2 N–H and O–H groups in total. The number of aliphatic hydroxyl groups is 1. The van der Waals surface area contributed by atoms with E-state index in [9.17, 15) is 5.11 Å². The third kappa shape index (κ3) is 5.78. The van der Waals surface area contributed by atoms with Gasteiger partial charge in [0.25, 0.3) is 0 Å². The highest BCUT2D eigenvalue weighted by molar-refractivity contribution is 7.26. The quantitative estimate of drug-likeness (QED) is 0.169. The zero-order valence-electron chi connectivity index (χ0n) is 26.4. The van der Waals surface area contributed by atoms with Crippen molar-refractivity contribution in [3.05, 3.63) is 138 Å². The van der Waals surface area contributed by atoms with Gasteiger partial charge in [-0.05, 0) is 66.7 Å². The van der Waals surface area contributed by atoms with Gasteiger partial charge >= 0.3 is 7.48 Å². The van der Waals surface area contributed by atoms with Crippen molar-refractivity contribution < 1.29 is 9.76 Å². The largest absolute Gasteiger partial charge is 0.427 e. The van der Waals surface area contributed by atoms with E-state index >= 15 is 0 Å². The predicted molar refractivity (Wildman–Crippen MR) is 193 cm³/mol. The van der Waals surface area contributed by atoms with Crippen LogP contribution in [0.25, 0.3) is 31.3 Å². The summed E-state index contributed by atoms with van der Waals surface area (Å²) >= 11 is 1.79.